The highest BCUT2D eigenvalue weighted by molar-refractivity contribution is 9.10. The number of aliphatic hydroxyl groups is 1. The molecule has 0 radical (unpaired) electrons. The molecular formula is C15H21BrO2. The van der Waals surface area contributed by atoms with Crippen LogP contribution in [0.25, 0.3) is 0 Å². The zero-order valence-electron chi connectivity index (χ0n) is 11.0. The van der Waals surface area contributed by atoms with E-state index in [4.69, 9.17) is 4.74 Å². The van der Waals surface area contributed by atoms with E-state index in [1.165, 1.54) is 12.8 Å². The van der Waals surface area contributed by atoms with Gasteiger partial charge in [0, 0.05) is 10.0 Å². The highest BCUT2D eigenvalue weighted by Crippen LogP contribution is 2.32. The van der Waals surface area contributed by atoms with E-state index in [9.17, 15) is 5.11 Å². The average Bonchev–Trinajstić information content (AvgIpc) is 2.31. The SMILES string of the molecule is CC1CCCC(Oc2ccc(Br)cc2[C@H](C)O)C1. The van der Waals surface area contributed by atoms with Crippen molar-refractivity contribution in [2.24, 2.45) is 5.92 Å². The molecule has 1 aromatic carbocycles. The molecule has 2 rings (SSSR count). The number of halogens is 1. The fraction of sp³-hybridized carbons (Fsp3) is 0.600. The van der Waals surface area contributed by atoms with E-state index in [0.29, 0.717) is 6.10 Å². The lowest BCUT2D eigenvalue weighted by Crippen LogP contribution is -2.24. The Bertz CT molecular complexity index is 403. The molecule has 0 heterocycles. The summed E-state index contributed by atoms with van der Waals surface area (Å²) in [6.07, 6.45) is 4.59. The van der Waals surface area contributed by atoms with Crippen molar-refractivity contribution in [1.29, 1.82) is 0 Å². The minimum absolute atomic E-state index is 0.299. The zero-order valence-corrected chi connectivity index (χ0v) is 12.6. The number of ether oxygens (including phenoxy) is 1. The summed E-state index contributed by atoms with van der Waals surface area (Å²) in [7, 11) is 0. The van der Waals surface area contributed by atoms with Gasteiger partial charge in [0.2, 0.25) is 0 Å². The number of benzene rings is 1. The maximum atomic E-state index is 9.81. The van der Waals surface area contributed by atoms with Crippen molar-refractivity contribution >= 4 is 15.9 Å². The summed E-state index contributed by atoms with van der Waals surface area (Å²) in [5.74, 6) is 1.57. The molecule has 1 aliphatic carbocycles. The molecule has 0 aromatic heterocycles. The minimum atomic E-state index is -0.501. The molecule has 1 N–H and O–H groups in total. The smallest absolute Gasteiger partial charge is 0.125 e. The van der Waals surface area contributed by atoms with Gasteiger partial charge in [-0.2, -0.15) is 0 Å². The van der Waals surface area contributed by atoms with Crippen LogP contribution in [0.4, 0.5) is 0 Å². The summed E-state index contributed by atoms with van der Waals surface area (Å²) >= 11 is 3.43. The van der Waals surface area contributed by atoms with Crippen LogP contribution in [-0.2, 0) is 0 Å². The summed E-state index contributed by atoms with van der Waals surface area (Å²) in [6.45, 7) is 4.06. The Morgan fingerprint density at radius 3 is 2.83 bits per heavy atom. The maximum absolute atomic E-state index is 9.81. The lowest BCUT2D eigenvalue weighted by Gasteiger charge is -2.28. The number of hydrogen-bond acceptors (Lipinski definition) is 2. The molecule has 1 aromatic rings. The van der Waals surface area contributed by atoms with E-state index in [1.54, 1.807) is 6.92 Å². The second kappa shape index (κ2) is 6.07. The Kier molecular flexibility index (Phi) is 4.68. The first-order valence-electron chi connectivity index (χ1n) is 6.70. The number of rotatable bonds is 3. The first-order valence-corrected chi connectivity index (χ1v) is 7.49. The molecule has 0 bridgehead atoms. The second-order valence-corrected chi connectivity index (χ2v) is 6.29. The molecule has 0 aliphatic heterocycles. The lowest BCUT2D eigenvalue weighted by molar-refractivity contribution is 0.121. The van der Waals surface area contributed by atoms with Gasteiger partial charge >= 0.3 is 0 Å². The first kappa shape index (κ1) is 13.9. The van der Waals surface area contributed by atoms with Gasteiger partial charge in [-0.25, -0.2) is 0 Å². The van der Waals surface area contributed by atoms with Crippen molar-refractivity contribution in [2.75, 3.05) is 0 Å². The first-order chi connectivity index (χ1) is 8.56. The van der Waals surface area contributed by atoms with Crippen molar-refractivity contribution in [3.05, 3.63) is 28.2 Å². The highest BCUT2D eigenvalue weighted by atomic mass is 79.9. The zero-order chi connectivity index (χ0) is 13.1. The van der Waals surface area contributed by atoms with Crippen molar-refractivity contribution in [2.45, 2.75) is 51.7 Å². The quantitative estimate of drug-likeness (QED) is 0.893. The molecule has 1 aliphatic rings. The van der Waals surface area contributed by atoms with Gasteiger partial charge in [0.1, 0.15) is 5.75 Å². The van der Waals surface area contributed by atoms with Gasteiger partial charge in [-0.15, -0.1) is 0 Å². The van der Waals surface area contributed by atoms with E-state index >= 15 is 0 Å². The monoisotopic (exact) mass is 312 g/mol. The Labute approximate surface area is 117 Å². The van der Waals surface area contributed by atoms with E-state index in [0.717, 1.165) is 34.5 Å². The predicted molar refractivity (Wildman–Crippen MR) is 76.8 cm³/mol. The van der Waals surface area contributed by atoms with Crippen molar-refractivity contribution in [3.8, 4) is 5.75 Å². The number of hydrogen-bond donors (Lipinski definition) is 1. The van der Waals surface area contributed by atoms with E-state index < -0.39 is 6.10 Å². The number of aliphatic hydroxyl groups excluding tert-OH is 1. The molecule has 2 nitrogen and oxygen atoms in total. The third-order valence-corrected chi connectivity index (χ3v) is 4.10. The Morgan fingerprint density at radius 1 is 1.39 bits per heavy atom. The summed E-state index contributed by atoms with van der Waals surface area (Å²) in [5, 5.41) is 9.81. The predicted octanol–water partition coefficient (Wildman–Crippen LogP) is 4.46. The molecule has 0 saturated heterocycles. The van der Waals surface area contributed by atoms with Crippen LogP contribution < -0.4 is 4.74 Å². The Hall–Kier alpha value is -0.540. The Morgan fingerprint density at radius 2 is 2.17 bits per heavy atom. The largest absolute Gasteiger partial charge is 0.490 e. The summed E-state index contributed by atoms with van der Waals surface area (Å²) in [5.41, 5.74) is 0.864. The average molecular weight is 313 g/mol. The third-order valence-electron chi connectivity index (χ3n) is 3.60. The van der Waals surface area contributed by atoms with Gasteiger partial charge < -0.3 is 9.84 Å². The molecular weight excluding hydrogens is 292 g/mol. The fourth-order valence-electron chi connectivity index (χ4n) is 2.62. The van der Waals surface area contributed by atoms with Gasteiger partial charge in [0.15, 0.2) is 0 Å². The standard InChI is InChI=1S/C15H21BrO2/c1-10-4-3-5-13(8-10)18-15-7-6-12(16)9-14(15)11(2)17/h6-7,9-11,13,17H,3-5,8H2,1-2H3/t10?,11-,13?/m0/s1. The van der Waals surface area contributed by atoms with Crippen LogP contribution in [0.1, 0.15) is 51.2 Å². The van der Waals surface area contributed by atoms with Crippen LogP contribution >= 0.6 is 15.9 Å². The van der Waals surface area contributed by atoms with Crippen molar-refractivity contribution in [1.82, 2.24) is 0 Å². The molecule has 100 valence electrons. The normalized spacial score (nSPS) is 25.8. The summed E-state index contributed by atoms with van der Waals surface area (Å²) in [6, 6.07) is 5.85. The van der Waals surface area contributed by atoms with Crippen LogP contribution in [0.5, 0.6) is 5.75 Å². The fourth-order valence-corrected chi connectivity index (χ4v) is 3.00. The molecule has 0 amide bonds. The molecule has 1 fully saturated rings. The van der Waals surface area contributed by atoms with Crippen LogP contribution in [-0.4, -0.2) is 11.2 Å². The molecule has 3 atom stereocenters. The van der Waals surface area contributed by atoms with E-state index in [2.05, 4.69) is 22.9 Å². The van der Waals surface area contributed by atoms with Crippen LogP contribution in [0, 0.1) is 5.92 Å². The van der Waals surface area contributed by atoms with E-state index in [1.807, 2.05) is 18.2 Å². The molecule has 1 saturated carbocycles. The van der Waals surface area contributed by atoms with Gasteiger partial charge in [-0.05, 0) is 50.3 Å². The minimum Gasteiger partial charge on any atom is -0.490 e. The maximum Gasteiger partial charge on any atom is 0.125 e. The van der Waals surface area contributed by atoms with E-state index in [-0.39, 0.29) is 0 Å². The summed E-state index contributed by atoms with van der Waals surface area (Å²) in [4.78, 5) is 0. The van der Waals surface area contributed by atoms with Crippen LogP contribution in [0.15, 0.2) is 22.7 Å². The lowest BCUT2D eigenvalue weighted by atomic mass is 9.88. The topological polar surface area (TPSA) is 29.5 Å². The molecule has 18 heavy (non-hydrogen) atoms. The highest BCUT2D eigenvalue weighted by Gasteiger charge is 2.21. The summed E-state index contributed by atoms with van der Waals surface area (Å²) < 4.78 is 7.07. The van der Waals surface area contributed by atoms with Crippen LogP contribution in [0.3, 0.4) is 0 Å². The van der Waals surface area contributed by atoms with Crippen molar-refractivity contribution in [3.63, 3.8) is 0 Å². The van der Waals surface area contributed by atoms with Crippen LogP contribution in [0.2, 0.25) is 0 Å². The third kappa shape index (κ3) is 3.48. The molecule has 0 spiro atoms. The Balaban J connectivity index is 2.12. The second-order valence-electron chi connectivity index (χ2n) is 5.37. The molecule has 3 heteroatoms. The van der Waals surface area contributed by atoms with Gasteiger partial charge in [0.05, 0.1) is 12.2 Å². The van der Waals surface area contributed by atoms with Crippen molar-refractivity contribution < 1.29 is 9.84 Å². The van der Waals surface area contributed by atoms with Gasteiger partial charge in [-0.3, -0.25) is 0 Å². The molecule has 2 unspecified atom stereocenters. The van der Waals surface area contributed by atoms with Gasteiger partial charge in [0.25, 0.3) is 0 Å². The van der Waals surface area contributed by atoms with Gasteiger partial charge in [-0.1, -0.05) is 29.3 Å².